The first-order valence-electron chi connectivity index (χ1n) is 10.1. The Morgan fingerprint density at radius 1 is 1.03 bits per heavy atom. The minimum atomic E-state index is 0.257. The monoisotopic (exact) mass is 436 g/mol. The number of hydrogen-bond acceptors (Lipinski definition) is 8. The van der Waals surface area contributed by atoms with Crippen molar-refractivity contribution >= 4 is 34.3 Å². The van der Waals surface area contributed by atoms with E-state index >= 15 is 0 Å². The standard InChI is InChI=1S/C21H21ClN8O/c1-2-15-18(22)17-19(26-15)27-21(31-14-4-3-5-23-12-14)28-20(17)30-10-8-29(9-11-30)16-13-24-6-7-25-16/h3-7,12-13H,2,8-11H2,1H3,(H,26,27,28). The van der Waals surface area contributed by atoms with Crippen LogP contribution < -0.4 is 14.5 Å². The second kappa shape index (κ2) is 8.35. The van der Waals surface area contributed by atoms with Gasteiger partial charge in [0.05, 0.1) is 22.8 Å². The molecule has 1 fully saturated rings. The summed E-state index contributed by atoms with van der Waals surface area (Å²) in [5.41, 5.74) is 1.60. The van der Waals surface area contributed by atoms with Crippen molar-refractivity contribution in [3.05, 3.63) is 53.8 Å². The number of fused-ring (bicyclic) bond motifs is 1. The molecule has 1 aliphatic rings. The maximum atomic E-state index is 6.70. The van der Waals surface area contributed by atoms with Gasteiger partial charge in [-0.3, -0.25) is 9.97 Å². The Hall–Kier alpha value is -3.46. The van der Waals surface area contributed by atoms with Gasteiger partial charge in [0.25, 0.3) is 0 Å². The number of ether oxygens (including phenoxy) is 1. The van der Waals surface area contributed by atoms with Crippen LogP contribution in [-0.4, -0.2) is 56.1 Å². The third-order valence-corrected chi connectivity index (χ3v) is 5.69. The van der Waals surface area contributed by atoms with Crippen LogP contribution in [0.3, 0.4) is 0 Å². The molecule has 4 aromatic rings. The zero-order valence-electron chi connectivity index (χ0n) is 17.0. The molecular formula is C21H21ClN8O. The van der Waals surface area contributed by atoms with Crippen molar-refractivity contribution in [3.8, 4) is 11.8 Å². The van der Waals surface area contributed by atoms with E-state index in [1.807, 2.05) is 6.07 Å². The van der Waals surface area contributed by atoms with Crippen molar-refractivity contribution in [2.75, 3.05) is 36.0 Å². The number of aromatic nitrogens is 6. The number of nitrogens with one attached hydrogen (secondary N) is 1. The molecule has 0 radical (unpaired) electrons. The van der Waals surface area contributed by atoms with Gasteiger partial charge in [-0.2, -0.15) is 9.97 Å². The lowest BCUT2D eigenvalue weighted by atomic mass is 10.2. The van der Waals surface area contributed by atoms with Gasteiger partial charge >= 0.3 is 6.01 Å². The predicted molar refractivity (Wildman–Crippen MR) is 119 cm³/mol. The van der Waals surface area contributed by atoms with Crippen LogP contribution >= 0.6 is 11.6 Å². The van der Waals surface area contributed by atoms with E-state index in [2.05, 4.69) is 41.6 Å². The van der Waals surface area contributed by atoms with E-state index < -0.39 is 0 Å². The Morgan fingerprint density at radius 3 is 2.55 bits per heavy atom. The van der Waals surface area contributed by atoms with Crippen LogP contribution in [0, 0.1) is 0 Å². The zero-order valence-corrected chi connectivity index (χ0v) is 17.7. The largest absolute Gasteiger partial charge is 0.423 e. The minimum Gasteiger partial charge on any atom is -0.423 e. The number of H-pyrrole nitrogens is 1. The quantitative estimate of drug-likeness (QED) is 0.508. The van der Waals surface area contributed by atoms with Crippen LogP contribution in [0.4, 0.5) is 11.6 Å². The summed E-state index contributed by atoms with van der Waals surface area (Å²) < 4.78 is 5.89. The van der Waals surface area contributed by atoms with Gasteiger partial charge < -0.3 is 19.5 Å². The van der Waals surface area contributed by atoms with Crippen LogP contribution in [0.5, 0.6) is 11.8 Å². The van der Waals surface area contributed by atoms with Crippen LogP contribution in [0.1, 0.15) is 12.6 Å². The fourth-order valence-corrected chi connectivity index (χ4v) is 4.06. The normalized spacial score (nSPS) is 14.3. The lowest BCUT2D eigenvalue weighted by Crippen LogP contribution is -2.47. The average Bonchev–Trinajstić information content (AvgIpc) is 3.15. The number of hydrogen-bond donors (Lipinski definition) is 1. The van der Waals surface area contributed by atoms with Crippen molar-refractivity contribution in [3.63, 3.8) is 0 Å². The van der Waals surface area contributed by atoms with E-state index in [4.69, 9.17) is 21.3 Å². The van der Waals surface area contributed by atoms with Gasteiger partial charge in [-0.05, 0) is 18.6 Å². The molecule has 0 aromatic carbocycles. The third kappa shape index (κ3) is 3.84. The summed E-state index contributed by atoms with van der Waals surface area (Å²) in [6, 6.07) is 3.88. The summed E-state index contributed by atoms with van der Waals surface area (Å²) in [4.78, 5) is 29.7. The van der Waals surface area contributed by atoms with Gasteiger partial charge in [-0.15, -0.1) is 0 Å². The molecule has 1 N–H and O–H groups in total. The second-order valence-electron chi connectivity index (χ2n) is 7.15. The maximum Gasteiger partial charge on any atom is 0.326 e. The molecule has 1 saturated heterocycles. The topological polar surface area (TPSA) is 95.9 Å². The Kier molecular flexibility index (Phi) is 5.25. The summed E-state index contributed by atoms with van der Waals surface area (Å²) in [5, 5.41) is 1.49. The van der Waals surface area contributed by atoms with E-state index in [0.29, 0.717) is 16.4 Å². The van der Waals surface area contributed by atoms with E-state index in [1.54, 1.807) is 37.1 Å². The Balaban J connectivity index is 1.48. The summed E-state index contributed by atoms with van der Waals surface area (Å²) in [7, 11) is 0. The minimum absolute atomic E-state index is 0.257. The molecular weight excluding hydrogens is 416 g/mol. The first kappa shape index (κ1) is 19.5. The van der Waals surface area contributed by atoms with Gasteiger partial charge in [0.1, 0.15) is 23.0 Å². The number of aromatic amines is 1. The van der Waals surface area contributed by atoms with Gasteiger partial charge in [0.2, 0.25) is 0 Å². The van der Waals surface area contributed by atoms with Crippen molar-refractivity contribution in [1.29, 1.82) is 0 Å². The molecule has 5 heterocycles. The molecule has 0 spiro atoms. The smallest absolute Gasteiger partial charge is 0.326 e. The van der Waals surface area contributed by atoms with Crippen LogP contribution in [0.2, 0.25) is 5.02 Å². The molecule has 0 atom stereocenters. The van der Waals surface area contributed by atoms with Gasteiger partial charge in [0.15, 0.2) is 0 Å². The third-order valence-electron chi connectivity index (χ3n) is 5.27. The number of nitrogens with zero attached hydrogens (tertiary/aromatic N) is 7. The number of anilines is 2. The lowest BCUT2D eigenvalue weighted by molar-refractivity contribution is 0.441. The van der Waals surface area contributed by atoms with Crippen LogP contribution in [-0.2, 0) is 6.42 Å². The summed E-state index contributed by atoms with van der Waals surface area (Å²) in [6.45, 7) is 5.17. The first-order chi connectivity index (χ1) is 15.2. The number of pyridine rings is 1. The maximum absolute atomic E-state index is 6.70. The van der Waals surface area contributed by atoms with Crippen molar-refractivity contribution in [2.24, 2.45) is 0 Å². The molecule has 0 bridgehead atoms. The lowest BCUT2D eigenvalue weighted by Gasteiger charge is -2.36. The highest BCUT2D eigenvalue weighted by atomic mass is 35.5. The molecule has 158 valence electrons. The first-order valence-corrected chi connectivity index (χ1v) is 10.5. The zero-order chi connectivity index (χ0) is 21.2. The van der Waals surface area contributed by atoms with Gasteiger partial charge in [-0.1, -0.05) is 18.5 Å². The van der Waals surface area contributed by atoms with E-state index in [-0.39, 0.29) is 6.01 Å². The van der Waals surface area contributed by atoms with E-state index in [0.717, 1.165) is 55.3 Å². The van der Waals surface area contributed by atoms with Gasteiger partial charge in [0, 0.05) is 50.5 Å². The number of aryl methyl sites for hydroxylation is 1. The molecule has 5 rings (SSSR count). The molecule has 0 saturated carbocycles. The second-order valence-corrected chi connectivity index (χ2v) is 7.53. The SMILES string of the molecule is CCc1[nH]c2nc(Oc3cccnc3)nc(N3CCN(c4cnccn4)CC3)c2c1Cl. The molecule has 31 heavy (non-hydrogen) atoms. The molecule has 0 amide bonds. The fourth-order valence-electron chi connectivity index (χ4n) is 3.70. The number of rotatable bonds is 5. The molecule has 0 aliphatic carbocycles. The average molecular weight is 437 g/mol. The predicted octanol–water partition coefficient (Wildman–Crippen LogP) is 3.48. The highest BCUT2D eigenvalue weighted by Crippen LogP contribution is 2.36. The molecule has 0 unspecified atom stereocenters. The Morgan fingerprint density at radius 2 is 1.84 bits per heavy atom. The molecule has 9 nitrogen and oxygen atoms in total. The highest BCUT2D eigenvalue weighted by molar-refractivity contribution is 6.37. The molecule has 1 aliphatic heterocycles. The van der Waals surface area contributed by atoms with E-state index in [9.17, 15) is 0 Å². The van der Waals surface area contributed by atoms with Crippen LogP contribution in [0.25, 0.3) is 11.0 Å². The van der Waals surface area contributed by atoms with Crippen LogP contribution in [0.15, 0.2) is 43.1 Å². The van der Waals surface area contributed by atoms with E-state index in [1.165, 1.54) is 0 Å². The molecule has 10 heteroatoms. The van der Waals surface area contributed by atoms with Gasteiger partial charge in [-0.25, -0.2) is 4.98 Å². The number of piperazine rings is 1. The summed E-state index contributed by atoms with van der Waals surface area (Å²) in [6.07, 6.45) is 9.27. The van der Waals surface area contributed by atoms with Crippen molar-refractivity contribution < 1.29 is 4.74 Å². The summed E-state index contributed by atoms with van der Waals surface area (Å²) in [5.74, 6) is 2.22. The fraction of sp³-hybridized carbons (Fsp3) is 0.286. The number of halogens is 1. The Bertz CT molecular complexity index is 1180. The highest BCUT2D eigenvalue weighted by Gasteiger charge is 2.25. The summed E-state index contributed by atoms with van der Waals surface area (Å²) >= 11 is 6.70. The Labute approximate surface area is 184 Å². The molecule has 4 aromatic heterocycles. The van der Waals surface area contributed by atoms with Crippen molar-refractivity contribution in [1.82, 2.24) is 29.9 Å². The van der Waals surface area contributed by atoms with Crippen molar-refractivity contribution in [2.45, 2.75) is 13.3 Å².